The molecule has 0 aromatic carbocycles. The van der Waals surface area contributed by atoms with Gasteiger partial charge in [0.2, 0.25) is 0 Å². The third-order valence-electron chi connectivity index (χ3n) is 2.68. The van der Waals surface area contributed by atoms with Crippen LogP contribution in [-0.2, 0) is 4.74 Å². The average molecular weight is 230 g/mol. The van der Waals surface area contributed by atoms with Crippen molar-refractivity contribution in [2.45, 2.75) is 30.5 Å². The molecule has 1 fully saturated rings. The van der Waals surface area contributed by atoms with E-state index in [9.17, 15) is 15.3 Å². The van der Waals surface area contributed by atoms with Gasteiger partial charge < -0.3 is 30.1 Å². The van der Waals surface area contributed by atoms with Crippen molar-refractivity contribution >= 4 is 0 Å². The number of aliphatic hydroxyl groups excluding tert-OH is 4. The highest BCUT2D eigenvalue weighted by Crippen LogP contribution is 2.30. The molecule has 0 aliphatic carbocycles. The van der Waals surface area contributed by atoms with Gasteiger partial charge in [0.15, 0.2) is 0 Å². The molecule has 7 nitrogen and oxygen atoms in total. The maximum absolute atomic E-state index is 9.72. The zero-order valence-electron chi connectivity index (χ0n) is 8.39. The Kier molecular flexibility index (Phi) is 3.22. The monoisotopic (exact) mass is 230 g/mol. The average Bonchev–Trinajstić information content (AvgIpc) is 2.80. The van der Waals surface area contributed by atoms with Crippen LogP contribution < -0.4 is 0 Å². The lowest BCUT2D eigenvalue weighted by Gasteiger charge is -2.39. The van der Waals surface area contributed by atoms with Crippen LogP contribution in [0.1, 0.15) is 11.9 Å². The van der Waals surface area contributed by atoms with Crippen molar-refractivity contribution in [2.75, 3.05) is 6.61 Å². The number of nitrogens with one attached hydrogen (secondary N) is 1. The molecule has 0 bridgehead atoms. The first-order chi connectivity index (χ1) is 7.65. The van der Waals surface area contributed by atoms with Gasteiger partial charge in [-0.25, -0.2) is 4.98 Å². The van der Waals surface area contributed by atoms with Crippen LogP contribution in [0.15, 0.2) is 12.4 Å². The van der Waals surface area contributed by atoms with Gasteiger partial charge in [0, 0.05) is 12.4 Å². The first-order valence-corrected chi connectivity index (χ1v) is 4.95. The topological polar surface area (TPSA) is 119 Å². The van der Waals surface area contributed by atoms with Crippen LogP contribution >= 0.6 is 0 Å². The lowest BCUT2D eigenvalue weighted by Crippen LogP contribution is -2.55. The van der Waals surface area contributed by atoms with Gasteiger partial charge in [-0.05, 0) is 0 Å². The Bertz CT molecular complexity index is 329. The van der Waals surface area contributed by atoms with Crippen LogP contribution in [0, 0.1) is 0 Å². The summed E-state index contributed by atoms with van der Waals surface area (Å²) in [6.07, 6.45) is -2.76. The Morgan fingerprint density at radius 1 is 1.25 bits per heavy atom. The molecule has 5 atom stereocenters. The summed E-state index contributed by atoms with van der Waals surface area (Å²) < 4.78 is 5.27. The summed E-state index contributed by atoms with van der Waals surface area (Å²) in [5, 5.41) is 37.8. The summed E-state index contributed by atoms with van der Waals surface area (Å²) in [4.78, 5) is 6.65. The SMILES string of the molecule is OC[C@H]1O[C@@H](c2ncc[nH]2)[C@H](O)[C@@H](O)[C@@H]1O. The number of hydrogen-bond acceptors (Lipinski definition) is 6. The first-order valence-electron chi connectivity index (χ1n) is 4.95. The van der Waals surface area contributed by atoms with Crippen LogP contribution in [0.3, 0.4) is 0 Å². The van der Waals surface area contributed by atoms with Gasteiger partial charge in [-0.15, -0.1) is 0 Å². The minimum atomic E-state index is -1.37. The van der Waals surface area contributed by atoms with Gasteiger partial charge in [0.05, 0.1) is 6.61 Å². The quantitative estimate of drug-likeness (QED) is 0.398. The number of H-pyrrole nitrogens is 1. The summed E-state index contributed by atoms with van der Waals surface area (Å²) in [6.45, 7) is -0.442. The number of imidazole rings is 1. The van der Waals surface area contributed by atoms with Gasteiger partial charge in [-0.3, -0.25) is 0 Å². The minimum absolute atomic E-state index is 0.344. The van der Waals surface area contributed by atoms with E-state index in [4.69, 9.17) is 9.84 Å². The van der Waals surface area contributed by atoms with Gasteiger partial charge in [0.25, 0.3) is 0 Å². The normalized spacial score (nSPS) is 39.9. The Morgan fingerprint density at radius 3 is 2.56 bits per heavy atom. The van der Waals surface area contributed by atoms with Crippen molar-refractivity contribution in [2.24, 2.45) is 0 Å². The zero-order chi connectivity index (χ0) is 11.7. The summed E-state index contributed by atoms with van der Waals surface area (Å²) in [5.41, 5.74) is 0. The Balaban J connectivity index is 2.20. The number of hydrogen-bond donors (Lipinski definition) is 5. The molecule has 16 heavy (non-hydrogen) atoms. The van der Waals surface area contributed by atoms with Gasteiger partial charge in [-0.1, -0.05) is 0 Å². The molecule has 5 N–H and O–H groups in total. The number of rotatable bonds is 2. The van der Waals surface area contributed by atoms with E-state index in [0.29, 0.717) is 5.82 Å². The molecule has 0 saturated carbocycles. The fourth-order valence-electron chi connectivity index (χ4n) is 1.76. The van der Waals surface area contributed by atoms with Crippen LogP contribution in [0.2, 0.25) is 0 Å². The number of aromatic amines is 1. The molecule has 1 saturated heterocycles. The molecule has 90 valence electrons. The highest BCUT2D eigenvalue weighted by molar-refractivity contribution is 5.02. The summed E-state index contributed by atoms with van der Waals surface area (Å²) in [5.74, 6) is 0.344. The van der Waals surface area contributed by atoms with Crippen molar-refractivity contribution in [3.8, 4) is 0 Å². The number of nitrogens with zero attached hydrogens (tertiary/aromatic N) is 1. The Hall–Kier alpha value is -0.990. The molecule has 2 heterocycles. The molecule has 2 rings (SSSR count). The maximum Gasteiger partial charge on any atom is 0.144 e. The minimum Gasteiger partial charge on any atom is -0.394 e. The fraction of sp³-hybridized carbons (Fsp3) is 0.667. The van der Waals surface area contributed by atoms with E-state index >= 15 is 0 Å². The highest BCUT2D eigenvalue weighted by Gasteiger charge is 2.44. The lowest BCUT2D eigenvalue weighted by atomic mass is 9.95. The maximum atomic E-state index is 9.72. The van der Waals surface area contributed by atoms with E-state index in [1.807, 2.05) is 0 Å². The first kappa shape index (κ1) is 11.5. The lowest BCUT2D eigenvalue weighted by molar-refractivity contribution is -0.233. The predicted molar refractivity (Wildman–Crippen MR) is 51.3 cm³/mol. The van der Waals surface area contributed by atoms with E-state index in [0.717, 1.165) is 0 Å². The molecule has 1 aliphatic rings. The van der Waals surface area contributed by atoms with Gasteiger partial charge in [-0.2, -0.15) is 0 Å². The Morgan fingerprint density at radius 2 is 2.00 bits per heavy atom. The molecular formula is C9H14N2O5. The number of aliphatic hydroxyl groups is 4. The van der Waals surface area contributed by atoms with Crippen LogP contribution in [-0.4, -0.2) is 61.4 Å². The molecule has 1 aliphatic heterocycles. The van der Waals surface area contributed by atoms with Crippen LogP contribution in [0.25, 0.3) is 0 Å². The fourth-order valence-corrected chi connectivity index (χ4v) is 1.76. The smallest absolute Gasteiger partial charge is 0.144 e. The largest absolute Gasteiger partial charge is 0.394 e. The zero-order valence-corrected chi connectivity index (χ0v) is 8.39. The second kappa shape index (κ2) is 4.48. The van der Waals surface area contributed by atoms with Crippen molar-refractivity contribution in [3.63, 3.8) is 0 Å². The molecule has 7 heteroatoms. The second-order valence-corrected chi connectivity index (χ2v) is 3.72. The van der Waals surface area contributed by atoms with E-state index < -0.39 is 37.1 Å². The van der Waals surface area contributed by atoms with E-state index in [1.54, 1.807) is 6.20 Å². The molecule has 0 amide bonds. The second-order valence-electron chi connectivity index (χ2n) is 3.72. The molecule has 1 aromatic heterocycles. The van der Waals surface area contributed by atoms with Crippen LogP contribution in [0.5, 0.6) is 0 Å². The third kappa shape index (κ3) is 1.83. The molecular weight excluding hydrogens is 216 g/mol. The van der Waals surface area contributed by atoms with E-state index in [2.05, 4.69) is 9.97 Å². The standard InChI is InChI=1S/C9H14N2O5/c12-3-4-5(13)6(14)7(15)8(16-4)9-10-1-2-11-9/h1-2,4-8,12-15H,3H2,(H,10,11)/t4-,5-,6+,7-,8-/m1/s1. The molecule has 0 radical (unpaired) electrons. The summed E-state index contributed by atoms with van der Waals surface area (Å²) >= 11 is 0. The predicted octanol–water partition coefficient (Wildman–Crippen LogP) is -2.08. The summed E-state index contributed by atoms with van der Waals surface area (Å²) in [7, 11) is 0. The molecule has 0 unspecified atom stereocenters. The van der Waals surface area contributed by atoms with Crippen LogP contribution in [0.4, 0.5) is 0 Å². The number of aromatic nitrogens is 2. The van der Waals surface area contributed by atoms with Gasteiger partial charge in [0.1, 0.15) is 36.3 Å². The van der Waals surface area contributed by atoms with Crippen molar-refractivity contribution < 1.29 is 25.2 Å². The molecule has 0 spiro atoms. The highest BCUT2D eigenvalue weighted by atomic mass is 16.5. The van der Waals surface area contributed by atoms with E-state index in [-0.39, 0.29) is 0 Å². The number of ether oxygens (including phenoxy) is 1. The van der Waals surface area contributed by atoms with Crippen molar-refractivity contribution in [1.29, 1.82) is 0 Å². The Labute approximate surface area is 91.3 Å². The van der Waals surface area contributed by atoms with Crippen molar-refractivity contribution in [1.82, 2.24) is 9.97 Å². The molecule has 1 aromatic rings. The van der Waals surface area contributed by atoms with Gasteiger partial charge >= 0.3 is 0 Å². The van der Waals surface area contributed by atoms with E-state index in [1.165, 1.54) is 6.20 Å². The summed E-state index contributed by atoms with van der Waals surface area (Å²) in [6, 6.07) is 0. The van der Waals surface area contributed by atoms with Crippen molar-refractivity contribution in [3.05, 3.63) is 18.2 Å². The third-order valence-corrected chi connectivity index (χ3v) is 2.68.